The van der Waals surface area contributed by atoms with E-state index in [4.69, 9.17) is 0 Å². The maximum atomic E-state index is 10.8. The molecule has 3 heteroatoms. The number of aromatic nitrogens is 1. The van der Waals surface area contributed by atoms with Gasteiger partial charge in [-0.1, -0.05) is 36.4 Å². The summed E-state index contributed by atoms with van der Waals surface area (Å²) in [4.78, 5) is 10.8. The highest BCUT2D eigenvalue weighted by Crippen LogP contribution is 2.16. The maximum absolute atomic E-state index is 10.8. The van der Waals surface area contributed by atoms with Crippen LogP contribution in [0.25, 0.3) is 0 Å². The fourth-order valence-corrected chi connectivity index (χ4v) is 2.26. The molecule has 1 N–H and O–H groups in total. The quantitative estimate of drug-likeness (QED) is 0.622. The molecular weight excluding hydrogens is 236 g/mol. The van der Waals surface area contributed by atoms with Crippen molar-refractivity contribution in [2.45, 2.75) is 25.9 Å². The fourth-order valence-electron chi connectivity index (χ4n) is 2.26. The molecule has 1 aromatic heterocycles. The summed E-state index contributed by atoms with van der Waals surface area (Å²) < 4.78 is 2.20. The number of carbonyl (C=O) groups excluding carboxylic acids is 1. The minimum Gasteiger partial charge on any atom is -0.351 e. The zero-order valence-electron chi connectivity index (χ0n) is 11.1. The zero-order valence-corrected chi connectivity index (χ0v) is 11.1. The summed E-state index contributed by atoms with van der Waals surface area (Å²) in [5, 5.41) is 2.90. The van der Waals surface area contributed by atoms with Crippen molar-refractivity contribution in [2.75, 3.05) is 0 Å². The molecule has 0 spiro atoms. The van der Waals surface area contributed by atoms with Crippen LogP contribution in [-0.4, -0.2) is 6.41 Å². The summed E-state index contributed by atoms with van der Waals surface area (Å²) in [5.41, 5.74) is 2.34. The van der Waals surface area contributed by atoms with E-state index in [0.717, 1.165) is 24.9 Å². The molecule has 19 heavy (non-hydrogen) atoms. The second-order valence-electron chi connectivity index (χ2n) is 4.43. The van der Waals surface area contributed by atoms with Gasteiger partial charge in [0.25, 0.3) is 0 Å². The minimum atomic E-state index is 0.0129. The summed E-state index contributed by atoms with van der Waals surface area (Å²) in [6, 6.07) is 16.2. The largest absolute Gasteiger partial charge is 0.351 e. The van der Waals surface area contributed by atoms with Crippen molar-refractivity contribution >= 4 is 6.41 Å². The van der Waals surface area contributed by atoms with E-state index in [1.807, 2.05) is 42.5 Å². The smallest absolute Gasteiger partial charge is 0.207 e. The highest BCUT2D eigenvalue weighted by molar-refractivity contribution is 5.48. The van der Waals surface area contributed by atoms with Gasteiger partial charge in [0.1, 0.15) is 6.54 Å². The number of aryl methyl sites for hydroxylation is 1. The first-order valence-corrected chi connectivity index (χ1v) is 6.57. The number of nitrogens with one attached hydrogen (secondary N) is 1. The van der Waals surface area contributed by atoms with Crippen molar-refractivity contribution in [3.63, 3.8) is 0 Å². The number of rotatable bonds is 6. The maximum Gasteiger partial charge on any atom is 0.207 e. The summed E-state index contributed by atoms with van der Waals surface area (Å²) in [5.74, 6) is 0. The van der Waals surface area contributed by atoms with Gasteiger partial charge in [0, 0.05) is 12.1 Å². The molecule has 98 valence electrons. The van der Waals surface area contributed by atoms with Gasteiger partial charge in [0.2, 0.25) is 6.41 Å². The zero-order chi connectivity index (χ0) is 13.5. The molecule has 1 aromatic carbocycles. The third-order valence-corrected chi connectivity index (χ3v) is 3.26. The van der Waals surface area contributed by atoms with E-state index in [9.17, 15) is 4.79 Å². The number of hydrogen-bond donors (Lipinski definition) is 1. The van der Waals surface area contributed by atoms with E-state index in [2.05, 4.69) is 29.1 Å². The average Bonchev–Trinajstić information content (AvgIpc) is 2.48. The lowest BCUT2D eigenvalue weighted by atomic mass is 10.0. The minimum absolute atomic E-state index is 0.0129. The number of nitrogens with zero attached hydrogens (tertiary/aromatic N) is 1. The van der Waals surface area contributed by atoms with Crippen LogP contribution in [0.5, 0.6) is 0 Å². The van der Waals surface area contributed by atoms with Crippen molar-refractivity contribution in [1.29, 1.82) is 0 Å². The Balaban J connectivity index is 2.24. The highest BCUT2D eigenvalue weighted by atomic mass is 16.1. The SMILES string of the molecule is CC[n+]1ccccc1CC(NC=O)c1ccccc1. The normalized spacial score (nSPS) is 11.8. The molecule has 0 saturated carbocycles. The van der Waals surface area contributed by atoms with Crippen LogP contribution >= 0.6 is 0 Å². The second kappa shape index (κ2) is 6.69. The first-order chi connectivity index (χ1) is 9.35. The molecule has 0 aliphatic rings. The average molecular weight is 255 g/mol. The Morgan fingerprint density at radius 2 is 1.89 bits per heavy atom. The molecule has 0 bridgehead atoms. The Hall–Kier alpha value is -2.16. The van der Waals surface area contributed by atoms with E-state index in [1.165, 1.54) is 5.69 Å². The Morgan fingerprint density at radius 1 is 1.16 bits per heavy atom. The molecular formula is C16H19N2O+. The van der Waals surface area contributed by atoms with Gasteiger partial charge < -0.3 is 5.32 Å². The molecule has 1 unspecified atom stereocenters. The molecule has 1 heterocycles. The summed E-state index contributed by atoms with van der Waals surface area (Å²) in [6.07, 6.45) is 3.63. The fraction of sp³-hybridized carbons (Fsp3) is 0.250. The molecule has 0 aliphatic heterocycles. The Kier molecular flexibility index (Phi) is 4.67. The molecule has 1 atom stereocenters. The lowest BCUT2D eigenvalue weighted by molar-refractivity contribution is -0.701. The van der Waals surface area contributed by atoms with Crippen LogP contribution in [0.4, 0.5) is 0 Å². The van der Waals surface area contributed by atoms with E-state index < -0.39 is 0 Å². The van der Waals surface area contributed by atoms with E-state index >= 15 is 0 Å². The van der Waals surface area contributed by atoms with Crippen molar-refractivity contribution in [3.05, 3.63) is 66.0 Å². The number of carbonyl (C=O) groups is 1. The molecule has 1 amide bonds. The van der Waals surface area contributed by atoms with Gasteiger partial charge in [-0.25, -0.2) is 4.57 Å². The number of pyridine rings is 1. The summed E-state index contributed by atoms with van der Waals surface area (Å²) in [7, 11) is 0. The van der Waals surface area contributed by atoms with E-state index in [1.54, 1.807) is 0 Å². The first-order valence-electron chi connectivity index (χ1n) is 6.57. The predicted molar refractivity (Wildman–Crippen MR) is 74.4 cm³/mol. The van der Waals surface area contributed by atoms with Gasteiger partial charge in [0.05, 0.1) is 12.5 Å². The Labute approximate surface area is 113 Å². The van der Waals surface area contributed by atoms with E-state index in [0.29, 0.717) is 0 Å². The highest BCUT2D eigenvalue weighted by Gasteiger charge is 2.16. The van der Waals surface area contributed by atoms with Gasteiger partial charge in [-0.2, -0.15) is 0 Å². The van der Waals surface area contributed by atoms with Gasteiger partial charge >= 0.3 is 0 Å². The number of hydrogen-bond acceptors (Lipinski definition) is 1. The van der Waals surface area contributed by atoms with Crippen LogP contribution < -0.4 is 9.88 Å². The molecule has 0 fully saturated rings. The third-order valence-electron chi connectivity index (χ3n) is 3.26. The van der Waals surface area contributed by atoms with Crippen LogP contribution in [0.1, 0.15) is 24.2 Å². The summed E-state index contributed by atoms with van der Waals surface area (Å²) in [6.45, 7) is 3.05. The van der Waals surface area contributed by atoms with Gasteiger partial charge in [-0.05, 0) is 12.5 Å². The third kappa shape index (κ3) is 3.41. The van der Waals surface area contributed by atoms with Crippen LogP contribution in [0.15, 0.2) is 54.7 Å². The van der Waals surface area contributed by atoms with Crippen molar-refractivity contribution in [2.24, 2.45) is 0 Å². The first kappa shape index (κ1) is 13.3. The van der Waals surface area contributed by atoms with Gasteiger partial charge in [-0.3, -0.25) is 4.79 Å². The van der Waals surface area contributed by atoms with Gasteiger partial charge in [0.15, 0.2) is 11.9 Å². The van der Waals surface area contributed by atoms with Crippen molar-refractivity contribution in [1.82, 2.24) is 5.32 Å². The summed E-state index contributed by atoms with van der Waals surface area (Å²) >= 11 is 0. The van der Waals surface area contributed by atoms with E-state index in [-0.39, 0.29) is 6.04 Å². The lowest BCUT2D eigenvalue weighted by Gasteiger charge is -2.15. The lowest BCUT2D eigenvalue weighted by Crippen LogP contribution is -2.38. The molecule has 2 aromatic rings. The predicted octanol–water partition coefficient (Wildman–Crippen LogP) is 2.02. The van der Waals surface area contributed by atoms with Crippen molar-refractivity contribution < 1.29 is 9.36 Å². The van der Waals surface area contributed by atoms with Crippen LogP contribution in [-0.2, 0) is 17.8 Å². The monoisotopic (exact) mass is 255 g/mol. The van der Waals surface area contributed by atoms with Crippen molar-refractivity contribution in [3.8, 4) is 0 Å². The molecule has 0 radical (unpaired) electrons. The molecule has 0 saturated heterocycles. The van der Waals surface area contributed by atoms with Gasteiger partial charge in [-0.15, -0.1) is 0 Å². The molecule has 3 nitrogen and oxygen atoms in total. The van der Waals surface area contributed by atoms with Crippen LogP contribution in [0.3, 0.4) is 0 Å². The van der Waals surface area contributed by atoms with Crippen LogP contribution in [0, 0.1) is 0 Å². The number of amides is 1. The topological polar surface area (TPSA) is 33.0 Å². The Bertz CT molecular complexity index is 525. The molecule has 2 rings (SSSR count). The van der Waals surface area contributed by atoms with Crippen LogP contribution in [0.2, 0.25) is 0 Å². The number of benzene rings is 1. The molecule has 0 aliphatic carbocycles. The Morgan fingerprint density at radius 3 is 2.58 bits per heavy atom. The second-order valence-corrected chi connectivity index (χ2v) is 4.43. The standard InChI is InChI=1S/C16H18N2O/c1-2-18-11-7-6-10-15(18)12-16(17-13-19)14-8-4-3-5-9-14/h3-11,13,16H,2,12H2,1H3/p+1.